The maximum absolute atomic E-state index is 12.6. The number of aromatic nitrogens is 1. The highest BCUT2D eigenvalue weighted by atomic mass is 16.1. The molecule has 5 heteroatoms. The molecule has 0 aliphatic carbocycles. The average Bonchev–Trinajstić information content (AvgIpc) is 3.14. The molecule has 0 radical (unpaired) electrons. The molecule has 1 amide bonds. The lowest BCUT2D eigenvalue weighted by Gasteiger charge is -2.35. The molecule has 5 nitrogen and oxygen atoms in total. The lowest BCUT2D eigenvalue weighted by atomic mass is 10.1. The van der Waals surface area contributed by atoms with Gasteiger partial charge in [0, 0.05) is 48.5 Å². The second-order valence-electron chi connectivity index (χ2n) is 7.14. The molecule has 1 saturated heterocycles. The third-order valence-electron chi connectivity index (χ3n) is 5.42. The van der Waals surface area contributed by atoms with Crippen molar-refractivity contribution >= 4 is 28.2 Å². The summed E-state index contributed by atoms with van der Waals surface area (Å²) in [7, 11) is 0. The summed E-state index contributed by atoms with van der Waals surface area (Å²) in [5.41, 5.74) is 4.72. The van der Waals surface area contributed by atoms with E-state index in [1.807, 2.05) is 43.3 Å². The number of benzene rings is 2. The Labute approximate surface area is 160 Å². The van der Waals surface area contributed by atoms with Crippen molar-refractivity contribution in [1.82, 2.24) is 9.88 Å². The van der Waals surface area contributed by atoms with Crippen LogP contribution in [0.4, 0.5) is 11.4 Å². The van der Waals surface area contributed by atoms with Crippen LogP contribution in [0.15, 0.2) is 48.5 Å². The molecule has 2 aromatic carbocycles. The van der Waals surface area contributed by atoms with Crippen LogP contribution >= 0.6 is 0 Å². The quantitative estimate of drug-likeness (QED) is 0.741. The second-order valence-corrected chi connectivity index (χ2v) is 7.14. The van der Waals surface area contributed by atoms with Crippen LogP contribution in [-0.2, 0) is 0 Å². The van der Waals surface area contributed by atoms with Crippen molar-refractivity contribution in [2.45, 2.75) is 13.8 Å². The third kappa shape index (κ3) is 3.69. The van der Waals surface area contributed by atoms with Crippen molar-refractivity contribution in [3.63, 3.8) is 0 Å². The van der Waals surface area contributed by atoms with Crippen molar-refractivity contribution in [3.8, 4) is 0 Å². The summed E-state index contributed by atoms with van der Waals surface area (Å²) in [6.45, 7) is 9.69. The van der Waals surface area contributed by atoms with Crippen LogP contribution in [0.3, 0.4) is 0 Å². The molecular formula is C22H26N4O. The number of carbonyl (C=O) groups excluding carboxylic acids is 1. The maximum Gasteiger partial charge on any atom is 0.272 e. The van der Waals surface area contributed by atoms with Crippen LogP contribution in [0.2, 0.25) is 0 Å². The molecule has 0 unspecified atom stereocenters. The van der Waals surface area contributed by atoms with E-state index in [1.165, 1.54) is 5.69 Å². The van der Waals surface area contributed by atoms with Crippen molar-refractivity contribution in [3.05, 3.63) is 59.8 Å². The molecule has 27 heavy (non-hydrogen) atoms. The van der Waals surface area contributed by atoms with Crippen molar-refractivity contribution in [2.75, 3.05) is 42.9 Å². The number of piperazine rings is 1. The smallest absolute Gasteiger partial charge is 0.272 e. The summed E-state index contributed by atoms with van der Waals surface area (Å²) in [4.78, 5) is 20.7. The van der Waals surface area contributed by atoms with Crippen LogP contribution in [0.5, 0.6) is 0 Å². The molecule has 2 N–H and O–H groups in total. The van der Waals surface area contributed by atoms with E-state index < -0.39 is 0 Å². The number of nitrogens with one attached hydrogen (secondary N) is 2. The molecule has 0 bridgehead atoms. The number of hydrogen-bond donors (Lipinski definition) is 2. The van der Waals surface area contributed by atoms with Gasteiger partial charge in [0.2, 0.25) is 0 Å². The van der Waals surface area contributed by atoms with Crippen molar-refractivity contribution < 1.29 is 4.79 Å². The number of rotatable bonds is 4. The summed E-state index contributed by atoms with van der Waals surface area (Å²) in [6.07, 6.45) is 0. The first-order chi connectivity index (χ1) is 13.1. The first-order valence-corrected chi connectivity index (χ1v) is 9.61. The van der Waals surface area contributed by atoms with Gasteiger partial charge < -0.3 is 20.1 Å². The van der Waals surface area contributed by atoms with Gasteiger partial charge in [0.1, 0.15) is 5.69 Å². The fourth-order valence-electron chi connectivity index (χ4n) is 3.69. The van der Waals surface area contributed by atoms with E-state index in [9.17, 15) is 4.79 Å². The van der Waals surface area contributed by atoms with Gasteiger partial charge in [0.15, 0.2) is 0 Å². The number of nitrogens with zero attached hydrogens (tertiary/aromatic N) is 2. The predicted octanol–water partition coefficient (Wildman–Crippen LogP) is 3.87. The molecule has 2 heterocycles. The van der Waals surface area contributed by atoms with E-state index in [0.717, 1.165) is 54.9 Å². The first-order valence-electron chi connectivity index (χ1n) is 9.61. The monoisotopic (exact) mass is 362 g/mol. The number of amides is 1. The van der Waals surface area contributed by atoms with Crippen LogP contribution in [0.1, 0.15) is 23.0 Å². The van der Waals surface area contributed by atoms with E-state index in [2.05, 4.69) is 39.2 Å². The predicted molar refractivity (Wildman–Crippen MR) is 112 cm³/mol. The zero-order valence-corrected chi connectivity index (χ0v) is 16.0. The Morgan fingerprint density at radius 1 is 1.07 bits per heavy atom. The van der Waals surface area contributed by atoms with Gasteiger partial charge >= 0.3 is 0 Å². The topological polar surface area (TPSA) is 51.4 Å². The molecule has 3 aromatic rings. The minimum atomic E-state index is -0.112. The minimum absolute atomic E-state index is 0.112. The van der Waals surface area contributed by atoms with Crippen LogP contribution in [0, 0.1) is 6.92 Å². The highest BCUT2D eigenvalue weighted by Gasteiger charge is 2.17. The Morgan fingerprint density at radius 3 is 2.56 bits per heavy atom. The van der Waals surface area contributed by atoms with E-state index in [-0.39, 0.29) is 5.91 Å². The summed E-state index contributed by atoms with van der Waals surface area (Å²) in [5, 5.41) is 4.08. The molecule has 0 spiro atoms. The second kappa shape index (κ2) is 7.45. The number of anilines is 2. The number of aromatic amines is 1. The van der Waals surface area contributed by atoms with E-state index in [1.54, 1.807) is 0 Å². The summed E-state index contributed by atoms with van der Waals surface area (Å²) < 4.78 is 0. The standard InChI is InChI=1S/C22H26N4O/c1-3-25-10-12-26(13-11-25)18-8-9-19(16(2)14-18)24-22(27)21-15-17-6-4-5-7-20(17)23-21/h4-9,14-15,23H,3,10-13H2,1-2H3,(H,24,27). The molecule has 1 fully saturated rings. The van der Waals surface area contributed by atoms with Crippen molar-refractivity contribution in [2.24, 2.45) is 0 Å². The number of likely N-dealkylation sites (N-methyl/N-ethyl adjacent to an activating group) is 1. The maximum atomic E-state index is 12.6. The van der Waals surface area contributed by atoms with Crippen molar-refractivity contribution in [1.29, 1.82) is 0 Å². The third-order valence-corrected chi connectivity index (χ3v) is 5.42. The van der Waals surface area contributed by atoms with Gasteiger partial charge in [-0.25, -0.2) is 0 Å². The van der Waals surface area contributed by atoms with E-state index in [0.29, 0.717) is 5.69 Å². The summed E-state index contributed by atoms with van der Waals surface area (Å²) in [6, 6.07) is 16.1. The zero-order chi connectivity index (χ0) is 18.8. The number of hydrogen-bond acceptors (Lipinski definition) is 3. The molecule has 1 aliphatic rings. The molecule has 0 atom stereocenters. The number of para-hydroxylation sites is 1. The largest absolute Gasteiger partial charge is 0.369 e. The SMILES string of the molecule is CCN1CCN(c2ccc(NC(=O)c3cc4ccccc4[nH]3)c(C)c2)CC1. The number of H-pyrrole nitrogens is 1. The van der Waals surface area contributed by atoms with E-state index >= 15 is 0 Å². The Balaban J connectivity index is 1.47. The Bertz CT molecular complexity index is 921. The molecule has 4 rings (SSSR count). The highest BCUT2D eigenvalue weighted by Crippen LogP contribution is 2.24. The van der Waals surface area contributed by atoms with Gasteiger partial charge in [-0.2, -0.15) is 0 Å². The zero-order valence-electron chi connectivity index (χ0n) is 16.0. The Kier molecular flexibility index (Phi) is 4.86. The molecule has 140 valence electrons. The highest BCUT2D eigenvalue weighted by molar-refractivity contribution is 6.06. The Morgan fingerprint density at radius 2 is 1.85 bits per heavy atom. The lowest BCUT2D eigenvalue weighted by molar-refractivity contribution is 0.102. The fourth-order valence-corrected chi connectivity index (χ4v) is 3.69. The lowest BCUT2D eigenvalue weighted by Crippen LogP contribution is -2.46. The normalized spacial score (nSPS) is 15.3. The summed E-state index contributed by atoms with van der Waals surface area (Å²) >= 11 is 0. The number of fused-ring (bicyclic) bond motifs is 1. The summed E-state index contributed by atoms with van der Waals surface area (Å²) in [5.74, 6) is -0.112. The fraction of sp³-hybridized carbons (Fsp3) is 0.318. The van der Waals surface area contributed by atoms with E-state index in [4.69, 9.17) is 0 Å². The van der Waals surface area contributed by atoms with Gasteiger partial charge in [0.05, 0.1) is 0 Å². The van der Waals surface area contributed by atoms with Gasteiger partial charge in [0.25, 0.3) is 5.91 Å². The molecule has 0 saturated carbocycles. The van der Waals surface area contributed by atoms with Crippen LogP contribution in [-0.4, -0.2) is 48.5 Å². The van der Waals surface area contributed by atoms with Crippen LogP contribution < -0.4 is 10.2 Å². The van der Waals surface area contributed by atoms with Gasteiger partial charge in [-0.05, 0) is 49.4 Å². The molecule has 1 aromatic heterocycles. The van der Waals surface area contributed by atoms with Crippen LogP contribution in [0.25, 0.3) is 10.9 Å². The van der Waals surface area contributed by atoms with Gasteiger partial charge in [-0.3, -0.25) is 4.79 Å². The van der Waals surface area contributed by atoms with Gasteiger partial charge in [-0.1, -0.05) is 25.1 Å². The Hall–Kier alpha value is -2.79. The molecular weight excluding hydrogens is 336 g/mol. The first kappa shape index (κ1) is 17.6. The minimum Gasteiger partial charge on any atom is -0.369 e. The van der Waals surface area contributed by atoms with Gasteiger partial charge in [-0.15, -0.1) is 0 Å². The number of carbonyl (C=O) groups is 1. The molecule has 1 aliphatic heterocycles. The number of aryl methyl sites for hydroxylation is 1. The average molecular weight is 362 g/mol.